The van der Waals surface area contributed by atoms with Gasteiger partial charge in [0.1, 0.15) is 5.54 Å². The number of carboxylic acids is 2. The normalized spacial score (nSPS) is 15.8. The van der Waals surface area contributed by atoms with E-state index < -0.39 is 23.9 Å². The first-order chi connectivity index (χ1) is 4.36. The lowest BCUT2D eigenvalue weighted by Gasteiger charge is -2.15. The van der Waals surface area contributed by atoms with E-state index in [9.17, 15) is 9.59 Å². The molecule has 0 aliphatic heterocycles. The maximum atomic E-state index is 10.2. The van der Waals surface area contributed by atoms with Crippen molar-refractivity contribution in [3.8, 4) is 0 Å². The van der Waals surface area contributed by atoms with Gasteiger partial charge in [-0.25, -0.2) is 0 Å². The van der Waals surface area contributed by atoms with Gasteiger partial charge in [0.25, 0.3) is 0 Å². The van der Waals surface area contributed by atoms with Crippen LogP contribution in [0.25, 0.3) is 0 Å². The second-order valence-electron chi connectivity index (χ2n) is 2.29. The molecule has 1 unspecified atom stereocenters. The number of nitrogens with two attached hydrogens (primary N) is 1. The molecule has 0 rings (SSSR count). The smallest absolute Gasteiger partial charge is 0.323 e. The highest BCUT2D eigenvalue weighted by Crippen LogP contribution is 2.04. The van der Waals surface area contributed by atoms with Crippen molar-refractivity contribution in [3.05, 3.63) is 0 Å². The largest absolute Gasteiger partial charge is 0.481 e. The predicted molar refractivity (Wildman–Crippen MR) is 32.5 cm³/mol. The SMILES string of the molecule is CC(N)(CC(=O)O)C(=O)O. The molecule has 0 saturated carbocycles. The molecule has 0 aliphatic rings. The highest BCUT2D eigenvalue weighted by molar-refractivity contribution is 5.84. The third-order valence-corrected chi connectivity index (χ3v) is 1.01. The monoisotopic (exact) mass is 147 g/mol. The summed E-state index contributed by atoms with van der Waals surface area (Å²) in [5, 5.41) is 16.5. The highest BCUT2D eigenvalue weighted by Gasteiger charge is 2.30. The van der Waals surface area contributed by atoms with E-state index in [-0.39, 0.29) is 0 Å². The molecule has 0 aromatic rings. The number of aliphatic carboxylic acids is 2. The number of hydrogen-bond donors (Lipinski definition) is 3. The second kappa shape index (κ2) is 2.66. The van der Waals surface area contributed by atoms with E-state index in [4.69, 9.17) is 15.9 Å². The molecule has 0 saturated heterocycles. The number of rotatable bonds is 3. The van der Waals surface area contributed by atoms with Crippen molar-refractivity contribution in [2.75, 3.05) is 0 Å². The quantitative estimate of drug-likeness (QED) is 0.488. The molecule has 4 N–H and O–H groups in total. The molecule has 5 heteroatoms. The van der Waals surface area contributed by atoms with Crippen LogP contribution in [0.3, 0.4) is 0 Å². The first-order valence-electron chi connectivity index (χ1n) is 2.60. The lowest BCUT2D eigenvalue weighted by atomic mass is 10.0. The molecule has 0 aromatic heterocycles. The van der Waals surface area contributed by atoms with E-state index >= 15 is 0 Å². The van der Waals surface area contributed by atoms with Gasteiger partial charge in [0.15, 0.2) is 0 Å². The predicted octanol–water partition coefficient (Wildman–Crippen LogP) is -0.737. The van der Waals surface area contributed by atoms with Gasteiger partial charge in [-0.05, 0) is 6.92 Å². The Kier molecular flexibility index (Phi) is 2.36. The van der Waals surface area contributed by atoms with Gasteiger partial charge in [0.2, 0.25) is 0 Å². The average Bonchev–Trinajstić information content (AvgIpc) is 1.60. The van der Waals surface area contributed by atoms with Gasteiger partial charge in [-0.3, -0.25) is 9.59 Å². The lowest BCUT2D eigenvalue weighted by Crippen LogP contribution is -2.46. The highest BCUT2D eigenvalue weighted by atomic mass is 16.4. The summed E-state index contributed by atoms with van der Waals surface area (Å²) in [6, 6.07) is 0. The Bertz CT molecular complexity index is 163. The van der Waals surface area contributed by atoms with Crippen LogP contribution in [0, 0.1) is 0 Å². The fraction of sp³-hybridized carbons (Fsp3) is 0.600. The standard InChI is InChI=1S/C5H9NO4/c1-5(6,4(9)10)2-3(7)8/h2,6H2,1H3,(H,7,8)(H,9,10). The molecule has 10 heavy (non-hydrogen) atoms. The molecular weight excluding hydrogens is 138 g/mol. The summed E-state index contributed by atoms with van der Waals surface area (Å²) in [4.78, 5) is 20.1. The van der Waals surface area contributed by atoms with Crippen LogP contribution in [0.5, 0.6) is 0 Å². The van der Waals surface area contributed by atoms with E-state index in [1.807, 2.05) is 0 Å². The lowest BCUT2D eigenvalue weighted by molar-refractivity contribution is -0.149. The van der Waals surface area contributed by atoms with Crippen molar-refractivity contribution in [1.82, 2.24) is 0 Å². The van der Waals surface area contributed by atoms with Gasteiger partial charge in [0.05, 0.1) is 6.42 Å². The Balaban J connectivity index is 4.13. The zero-order chi connectivity index (χ0) is 8.36. The maximum Gasteiger partial charge on any atom is 0.323 e. The van der Waals surface area contributed by atoms with Gasteiger partial charge < -0.3 is 15.9 Å². The van der Waals surface area contributed by atoms with Crippen LogP contribution in [0.4, 0.5) is 0 Å². The van der Waals surface area contributed by atoms with Gasteiger partial charge in [-0.15, -0.1) is 0 Å². The van der Waals surface area contributed by atoms with Crippen LogP contribution in [-0.2, 0) is 9.59 Å². The van der Waals surface area contributed by atoms with Crippen LogP contribution in [0.1, 0.15) is 13.3 Å². The van der Waals surface area contributed by atoms with Crippen molar-refractivity contribution in [1.29, 1.82) is 0 Å². The minimum Gasteiger partial charge on any atom is -0.481 e. The zero-order valence-electron chi connectivity index (χ0n) is 5.50. The molecular formula is C5H9NO4. The van der Waals surface area contributed by atoms with Crippen LogP contribution in [0.2, 0.25) is 0 Å². The van der Waals surface area contributed by atoms with Crippen molar-refractivity contribution in [2.24, 2.45) is 5.73 Å². The zero-order valence-corrected chi connectivity index (χ0v) is 5.50. The number of carboxylic acid groups (broad SMARTS) is 2. The fourth-order valence-electron chi connectivity index (χ4n) is 0.390. The molecule has 0 spiro atoms. The fourth-order valence-corrected chi connectivity index (χ4v) is 0.390. The van der Waals surface area contributed by atoms with Gasteiger partial charge >= 0.3 is 11.9 Å². The molecule has 5 nitrogen and oxygen atoms in total. The van der Waals surface area contributed by atoms with Crippen molar-refractivity contribution in [2.45, 2.75) is 18.9 Å². The van der Waals surface area contributed by atoms with Crippen LogP contribution < -0.4 is 5.73 Å². The number of carbonyl (C=O) groups is 2. The average molecular weight is 147 g/mol. The Morgan fingerprint density at radius 3 is 2.00 bits per heavy atom. The summed E-state index contributed by atoms with van der Waals surface area (Å²) in [5.74, 6) is -2.53. The van der Waals surface area contributed by atoms with Crippen LogP contribution >= 0.6 is 0 Å². The minimum atomic E-state index is -1.66. The topological polar surface area (TPSA) is 101 Å². The minimum absolute atomic E-state index is 0.567. The van der Waals surface area contributed by atoms with Gasteiger partial charge in [-0.2, -0.15) is 0 Å². The van der Waals surface area contributed by atoms with E-state index in [0.717, 1.165) is 6.92 Å². The van der Waals surface area contributed by atoms with Gasteiger partial charge in [0, 0.05) is 0 Å². The molecule has 0 aromatic carbocycles. The first kappa shape index (κ1) is 8.90. The molecule has 0 bridgehead atoms. The Morgan fingerprint density at radius 2 is 1.90 bits per heavy atom. The first-order valence-corrected chi connectivity index (χ1v) is 2.60. The molecule has 0 amide bonds. The summed E-state index contributed by atoms with van der Waals surface area (Å²) < 4.78 is 0. The third kappa shape index (κ3) is 2.45. The molecule has 0 heterocycles. The van der Waals surface area contributed by atoms with Crippen LogP contribution in [-0.4, -0.2) is 27.7 Å². The Hall–Kier alpha value is -1.10. The van der Waals surface area contributed by atoms with Crippen molar-refractivity contribution in [3.63, 3.8) is 0 Å². The summed E-state index contributed by atoms with van der Waals surface area (Å²) in [5.41, 5.74) is 3.42. The molecule has 0 fully saturated rings. The summed E-state index contributed by atoms with van der Waals surface area (Å²) in [7, 11) is 0. The van der Waals surface area contributed by atoms with E-state index in [1.54, 1.807) is 0 Å². The Labute approximate surface area is 57.5 Å². The van der Waals surface area contributed by atoms with E-state index in [0.29, 0.717) is 0 Å². The molecule has 0 aliphatic carbocycles. The summed E-state index contributed by atoms with van der Waals surface area (Å²) >= 11 is 0. The van der Waals surface area contributed by atoms with E-state index in [1.165, 1.54) is 0 Å². The van der Waals surface area contributed by atoms with E-state index in [2.05, 4.69) is 0 Å². The molecule has 0 radical (unpaired) electrons. The maximum absolute atomic E-state index is 10.2. The third-order valence-electron chi connectivity index (χ3n) is 1.01. The van der Waals surface area contributed by atoms with Crippen LogP contribution in [0.15, 0.2) is 0 Å². The molecule has 58 valence electrons. The summed E-state index contributed by atoms with van der Waals surface area (Å²) in [6.45, 7) is 1.16. The van der Waals surface area contributed by atoms with Crippen molar-refractivity contribution >= 4 is 11.9 Å². The van der Waals surface area contributed by atoms with Gasteiger partial charge in [-0.1, -0.05) is 0 Å². The number of hydrogen-bond acceptors (Lipinski definition) is 3. The second-order valence-corrected chi connectivity index (χ2v) is 2.29. The Morgan fingerprint density at radius 1 is 1.50 bits per heavy atom. The molecule has 1 atom stereocenters. The summed E-state index contributed by atoms with van der Waals surface area (Å²) in [6.07, 6.45) is -0.567. The van der Waals surface area contributed by atoms with Crippen molar-refractivity contribution < 1.29 is 19.8 Å².